The molecule has 1 heterocycles. The first-order chi connectivity index (χ1) is 9.05. The molecule has 0 bridgehead atoms. The number of hydrogen-bond acceptors (Lipinski definition) is 3. The van der Waals surface area contributed by atoms with Gasteiger partial charge in [-0.2, -0.15) is 0 Å². The molecule has 1 aromatic carbocycles. The van der Waals surface area contributed by atoms with Crippen LogP contribution < -0.4 is 10.1 Å². The zero-order valence-electron chi connectivity index (χ0n) is 12.0. The predicted molar refractivity (Wildman–Crippen MR) is 75.5 cm³/mol. The van der Waals surface area contributed by atoms with Gasteiger partial charge >= 0.3 is 0 Å². The number of hydrogen-bond donors (Lipinski definition) is 1. The van der Waals surface area contributed by atoms with Crippen LogP contribution in [0.4, 0.5) is 0 Å². The van der Waals surface area contributed by atoms with E-state index >= 15 is 0 Å². The van der Waals surface area contributed by atoms with Crippen molar-refractivity contribution in [3.8, 4) is 5.75 Å². The third kappa shape index (κ3) is 2.77. The molecule has 0 spiro atoms. The number of nitrogens with one attached hydrogen (secondary N) is 1. The summed E-state index contributed by atoms with van der Waals surface area (Å²) in [5.41, 5.74) is 2.64. The summed E-state index contributed by atoms with van der Waals surface area (Å²) < 4.78 is 11.2. The Morgan fingerprint density at radius 2 is 2.16 bits per heavy atom. The molecule has 1 saturated carbocycles. The first-order valence-corrected chi connectivity index (χ1v) is 7.13. The fraction of sp³-hybridized carbons (Fsp3) is 0.625. The lowest BCUT2D eigenvalue weighted by molar-refractivity contribution is 0.0170. The summed E-state index contributed by atoms with van der Waals surface area (Å²) in [5, 5.41) is 3.59. The van der Waals surface area contributed by atoms with Crippen LogP contribution in [-0.4, -0.2) is 24.9 Å². The van der Waals surface area contributed by atoms with Crippen LogP contribution in [0.3, 0.4) is 0 Å². The van der Waals surface area contributed by atoms with E-state index in [1.165, 1.54) is 11.1 Å². The average molecular weight is 261 g/mol. The van der Waals surface area contributed by atoms with E-state index in [-0.39, 0.29) is 5.60 Å². The summed E-state index contributed by atoms with van der Waals surface area (Å²) in [6.45, 7) is 5.23. The van der Waals surface area contributed by atoms with Crippen LogP contribution in [-0.2, 0) is 17.7 Å². The van der Waals surface area contributed by atoms with Crippen molar-refractivity contribution in [3.05, 3.63) is 29.3 Å². The Morgan fingerprint density at radius 1 is 1.37 bits per heavy atom. The average Bonchev–Trinajstić information content (AvgIpc) is 2.60. The molecule has 0 radical (unpaired) electrons. The molecule has 1 aliphatic carbocycles. The SMILES string of the molecule is COC1CC(NCc2ccc3c(c2)CC(C)(C)O3)C1. The van der Waals surface area contributed by atoms with Crippen LogP contribution in [0.1, 0.15) is 37.8 Å². The van der Waals surface area contributed by atoms with Crippen LogP contribution in [0.15, 0.2) is 18.2 Å². The zero-order valence-corrected chi connectivity index (χ0v) is 12.0. The highest BCUT2D eigenvalue weighted by molar-refractivity contribution is 5.41. The minimum atomic E-state index is -0.0476. The van der Waals surface area contributed by atoms with Crippen LogP contribution in [0.5, 0.6) is 5.75 Å². The summed E-state index contributed by atoms with van der Waals surface area (Å²) >= 11 is 0. The topological polar surface area (TPSA) is 30.5 Å². The first kappa shape index (κ1) is 12.9. The summed E-state index contributed by atoms with van der Waals surface area (Å²) in [5.74, 6) is 1.05. The highest BCUT2D eigenvalue weighted by Gasteiger charge is 2.30. The molecular formula is C16H23NO2. The van der Waals surface area contributed by atoms with Crippen molar-refractivity contribution in [2.45, 2.75) is 57.4 Å². The second-order valence-electron chi connectivity index (χ2n) is 6.39. The molecule has 3 nitrogen and oxygen atoms in total. The van der Waals surface area contributed by atoms with Crippen LogP contribution in [0, 0.1) is 0 Å². The van der Waals surface area contributed by atoms with Gasteiger partial charge in [0.25, 0.3) is 0 Å². The molecule has 0 amide bonds. The first-order valence-electron chi connectivity index (χ1n) is 7.13. The molecule has 104 valence electrons. The summed E-state index contributed by atoms with van der Waals surface area (Å²) in [7, 11) is 1.79. The summed E-state index contributed by atoms with van der Waals surface area (Å²) in [4.78, 5) is 0. The predicted octanol–water partition coefficient (Wildman–Crippen LogP) is 2.67. The maximum atomic E-state index is 5.90. The molecule has 19 heavy (non-hydrogen) atoms. The van der Waals surface area contributed by atoms with E-state index in [0.717, 1.165) is 31.6 Å². The maximum absolute atomic E-state index is 5.90. The maximum Gasteiger partial charge on any atom is 0.123 e. The molecule has 3 rings (SSSR count). The van der Waals surface area contributed by atoms with Crippen LogP contribution >= 0.6 is 0 Å². The van der Waals surface area contributed by atoms with E-state index in [1.54, 1.807) is 7.11 Å². The third-order valence-electron chi connectivity index (χ3n) is 4.15. The van der Waals surface area contributed by atoms with Gasteiger partial charge in [0.2, 0.25) is 0 Å². The number of fused-ring (bicyclic) bond motifs is 1. The normalized spacial score (nSPS) is 27.5. The standard InChI is InChI=1S/C16H23NO2/c1-16(2)9-12-6-11(4-5-15(12)19-16)10-17-13-7-14(8-13)18-3/h4-6,13-14,17H,7-10H2,1-3H3. The molecule has 1 aromatic rings. The van der Waals surface area contributed by atoms with E-state index in [4.69, 9.17) is 9.47 Å². The van der Waals surface area contributed by atoms with Gasteiger partial charge in [-0.05, 0) is 43.9 Å². The summed E-state index contributed by atoms with van der Waals surface area (Å²) in [6, 6.07) is 7.18. The Hall–Kier alpha value is -1.06. The zero-order chi connectivity index (χ0) is 13.5. The fourth-order valence-corrected chi connectivity index (χ4v) is 2.96. The van der Waals surface area contributed by atoms with E-state index in [9.17, 15) is 0 Å². The van der Waals surface area contributed by atoms with Gasteiger partial charge < -0.3 is 14.8 Å². The van der Waals surface area contributed by atoms with Crippen molar-refractivity contribution in [2.75, 3.05) is 7.11 Å². The Morgan fingerprint density at radius 3 is 2.89 bits per heavy atom. The third-order valence-corrected chi connectivity index (χ3v) is 4.15. The van der Waals surface area contributed by atoms with E-state index < -0.39 is 0 Å². The Bertz CT molecular complexity index is 464. The Labute approximate surface area is 115 Å². The largest absolute Gasteiger partial charge is 0.487 e. The van der Waals surface area contributed by atoms with Gasteiger partial charge in [0, 0.05) is 26.1 Å². The van der Waals surface area contributed by atoms with Gasteiger partial charge in [-0.3, -0.25) is 0 Å². The molecule has 0 unspecified atom stereocenters. The lowest BCUT2D eigenvalue weighted by Crippen LogP contribution is -2.44. The molecule has 1 fully saturated rings. The number of rotatable bonds is 4. The van der Waals surface area contributed by atoms with Crippen molar-refractivity contribution in [1.82, 2.24) is 5.32 Å². The second kappa shape index (κ2) is 4.80. The second-order valence-corrected chi connectivity index (χ2v) is 6.39. The van der Waals surface area contributed by atoms with Gasteiger partial charge in [0.05, 0.1) is 6.10 Å². The Kier molecular flexibility index (Phi) is 3.27. The number of methoxy groups -OCH3 is 1. The van der Waals surface area contributed by atoms with Crippen molar-refractivity contribution >= 4 is 0 Å². The number of ether oxygens (including phenoxy) is 2. The van der Waals surface area contributed by atoms with Crippen molar-refractivity contribution in [2.24, 2.45) is 0 Å². The lowest BCUT2D eigenvalue weighted by atomic mass is 9.89. The van der Waals surface area contributed by atoms with Crippen molar-refractivity contribution in [1.29, 1.82) is 0 Å². The van der Waals surface area contributed by atoms with Crippen LogP contribution in [0.2, 0.25) is 0 Å². The van der Waals surface area contributed by atoms with E-state index in [0.29, 0.717) is 12.1 Å². The smallest absolute Gasteiger partial charge is 0.123 e. The highest BCUT2D eigenvalue weighted by Crippen LogP contribution is 2.35. The van der Waals surface area contributed by atoms with Crippen LogP contribution in [0.25, 0.3) is 0 Å². The molecule has 0 aromatic heterocycles. The van der Waals surface area contributed by atoms with Gasteiger partial charge in [-0.1, -0.05) is 12.1 Å². The molecule has 3 heteroatoms. The molecular weight excluding hydrogens is 238 g/mol. The van der Waals surface area contributed by atoms with Gasteiger partial charge in [-0.25, -0.2) is 0 Å². The van der Waals surface area contributed by atoms with Gasteiger partial charge in [0.1, 0.15) is 11.4 Å². The number of benzene rings is 1. The van der Waals surface area contributed by atoms with E-state index in [1.807, 2.05) is 0 Å². The Balaban J connectivity index is 1.56. The monoisotopic (exact) mass is 261 g/mol. The van der Waals surface area contributed by atoms with Gasteiger partial charge in [-0.15, -0.1) is 0 Å². The lowest BCUT2D eigenvalue weighted by Gasteiger charge is -2.34. The minimum absolute atomic E-state index is 0.0476. The molecule has 1 N–H and O–H groups in total. The summed E-state index contributed by atoms with van der Waals surface area (Å²) in [6.07, 6.45) is 3.74. The quantitative estimate of drug-likeness (QED) is 0.904. The molecule has 0 atom stereocenters. The molecule has 1 aliphatic heterocycles. The minimum Gasteiger partial charge on any atom is -0.487 e. The van der Waals surface area contributed by atoms with Crippen molar-refractivity contribution in [3.63, 3.8) is 0 Å². The fourth-order valence-electron chi connectivity index (χ4n) is 2.96. The van der Waals surface area contributed by atoms with E-state index in [2.05, 4.69) is 37.4 Å². The van der Waals surface area contributed by atoms with Gasteiger partial charge in [0.15, 0.2) is 0 Å². The van der Waals surface area contributed by atoms with Crippen molar-refractivity contribution < 1.29 is 9.47 Å². The highest BCUT2D eigenvalue weighted by atomic mass is 16.5. The molecule has 0 saturated heterocycles. The molecule has 2 aliphatic rings.